The van der Waals surface area contributed by atoms with Gasteiger partial charge in [0, 0.05) is 4.88 Å². The average Bonchev–Trinajstić information content (AvgIpc) is 2.77. The number of nitrogens with zero attached hydrogens (tertiary/aromatic N) is 1. The van der Waals surface area contributed by atoms with Gasteiger partial charge in [-0.25, -0.2) is 9.79 Å². The van der Waals surface area contributed by atoms with Gasteiger partial charge in [0.1, 0.15) is 10.6 Å². The van der Waals surface area contributed by atoms with Crippen LogP contribution < -0.4 is 0 Å². The lowest BCUT2D eigenvalue weighted by atomic mass is 10.1. The lowest BCUT2D eigenvalue weighted by Crippen LogP contribution is -2.12. The van der Waals surface area contributed by atoms with E-state index in [2.05, 4.69) is 4.99 Å². The molecule has 6 heteroatoms. The highest BCUT2D eigenvalue weighted by atomic mass is 32.1. The van der Waals surface area contributed by atoms with E-state index in [1.165, 1.54) is 17.7 Å². The van der Waals surface area contributed by atoms with Crippen LogP contribution in [0.15, 0.2) is 4.99 Å². The van der Waals surface area contributed by atoms with Gasteiger partial charge >= 0.3 is 5.97 Å². The van der Waals surface area contributed by atoms with Gasteiger partial charge in [-0.3, -0.25) is 0 Å². The number of rotatable bonds is 5. The van der Waals surface area contributed by atoms with Gasteiger partial charge in [0.25, 0.3) is 0 Å². The third kappa shape index (κ3) is 3.13. The van der Waals surface area contributed by atoms with E-state index in [9.17, 15) is 4.79 Å². The van der Waals surface area contributed by atoms with Crippen molar-refractivity contribution in [3.8, 4) is 0 Å². The molecule has 104 valence electrons. The van der Waals surface area contributed by atoms with Crippen LogP contribution in [0.1, 0.15) is 34.6 Å². The van der Waals surface area contributed by atoms with E-state index in [0.717, 1.165) is 16.9 Å². The van der Waals surface area contributed by atoms with E-state index in [4.69, 9.17) is 14.2 Å². The number of ether oxygens (including phenoxy) is 3. The second kappa shape index (κ2) is 6.68. The molecule has 2 rings (SSSR count). The Labute approximate surface area is 116 Å². The minimum atomic E-state index is -0.314. The summed E-state index contributed by atoms with van der Waals surface area (Å²) in [6.07, 6.45) is 2.10. The molecule has 19 heavy (non-hydrogen) atoms. The van der Waals surface area contributed by atoms with Crippen molar-refractivity contribution in [1.82, 2.24) is 0 Å². The van der Waals surface area contributed by atoms with Gasteiger partial charge in [-0.15, -0.1) is 11.3 Å². The van der Waals surface area contributed by atoms with Gasteiger partial charge < -0.3 is 14.2 Å². The maximum atomic E-state index is 12.1. The minimum absolute atomic E-state index is 0.314. The molecular formula is C13H17NO4S. The zero-order valence-electron chi connectivity index (χ0n) is 11.1. The fraction of sp³-hybridized carbons (Fsp3) is 0.538. The predicted octanol–water partition coefficient (Wildman–Crippen LogP) is 2.69. The number of carbonyl (C=O) groups excluding carboxylic acids is 1. The smallest absolute Gasteiger partial charge is 0.341 e. The van der Waals surface area contributed by atoms with Crippen LogP contribution in [0, 0.1) is 0 Å². The van der Waals surface area contributed by atoms with Crippen molar-refractivity contribution < 1.29 is 19.0 Å². The number of fused-ring (bicyclic) bond motifs is 1. The van der Waals surface area contributed by atoms with E-state index in [1.807, 2.05) is 6.92 Å². The molecule has 0 atom stereocenters. The normalized spacial score (nSPS) is 14.4. The van der Waals surface area contributed by atoms with E-state index in [0.29, 0.717) is 37.0 Å². The number of hydrogen-bond donors (Lipinski definition) is 0. The number of carbonyl (C=O) groups is 1. The van der Waals surface area contributed by atoms with E-state index in [-0.39, 0.29) is 5.97 Å². The first-order valence-electron chi connectivity index (χ1n) is 6.31. The highest BCUT2D eigenvalue weighted by Gasteiger charge is 2.26. The Morgan fingerprint density at radius 3 is 3.05 bits per heavy atom. The fourth-order valence-corrected chi connectivity index (χ4v) is 2.99. The van der Waals surface area contributed by atoms with Crippen LogP contribution >= 0.6 is 11.3 Å². The molecule has 0 aliphatic carbocycles. The SMILES string of the molecule is CCOC=Nc1sc2c(c1C(=O)OCC)CCOC2. The molecule has 0 unspecified atom stereocenters. The summed E-state index contributed by atoms with van der Waals surface area (Å²) in [4.78, 5) is 17.3. The quantitative estimate of drug-likeness (QED) is 0.473. The van der Waals surface area contributed by atoms with Gasteiger partial charge in [-0.2, -0.15) is 0 Å². The zero-order valence-corrected chi connectivity index (χ0v) is 11.9. The Morgan fingerprint density at radius 2 is 2.32 bits per heavy atom. The standard InChI is InChI=1S/C13H17NO4S/c1-3-16-8-14-12-11(13(15)18-4-2)9-5-6-17-7-10(9)19-12/h8H,3-7H2,1-2H3. The monoisotopic (exact) mass is 283 g/mol. The van der Waals surface area contributed by atoms with Gasteiger partial charge in [0.15, 0.2) is 6.40 Å². The van der Waals surface area contributed by atoms with Crippen molar-refractivity contribution in [3.63, 3.8) is 0 Å². The summed E-state index contributed by atoms with van der Waals surface area (Å²) < 4.78 is 15.6. The van der Waals surface area contributed by atoms with Crippen LogP contribution in [0.3, 0.4) is 0 Å². The Balaban J connectivity index is 2.35. The summed E-state index contributed by atoms with van der Waals surface area (Å²) in [6, 6.07) is 0. The topological polar surface area (TPSA) is 57.1 Å². The maximum absolute atomic E-state index is 12.1. The molecule has 5 nitrogen and oxygen atoms in total. The van der Waals surface area contributed by atoms with Crippen molar-refractivity contribution in [2.24, 2.45) is 4.99 Å². The molecule has 1 aliphatic heterocycles. The minimum Gasteiger partial charge on any atom is -0.483 e. The molecule has 0 saturated heterocycles. The summed E-state index contributed by atoms with van der Waals surface area (Å²) >= 11 is 1.46. The third-order valence-corrected chi connectivity index (χ3v) is 3.81. The Morgan fingerprint density at radius 1 is 1.47 bits per heavy atom. The Hall–Kier alpha value is -1.40. The average molecular weight is 283 g/mol. The van der Waals surface area contributed by atoms with Crippen LogP contribution in [0.5, 0.6) is 0 Å². The summed E-state index contributed by atoms with van der Waals surface area (Å²) in [5.41, 5.74) is 1.58. The molecule has 0 radical (unpaired) electrons. The van der Waals surface area contributed by atoms with Crippen molar-refractivity contribution >= 4 is 28.7 Å². The van der Waals surface area contributed by atoms with E-state index >= 15 is 0 Å². The van der Waals surface area contributed by atoms with Crippen LogP contribution in [0.4, 0.5) is 5.00 Å². The van der Waals surface area contributed by atoms with Crippen molar-refractivity contribution in [2.45, 2.75) is 26.9 Å². The summed E-state index contributed by atoms with van der Waals surface area (Å²) in [5, 5.41) is 0.641. The molecule has 0 aromatic carbocycles. The summed E-state index contributed by atoms with van der Waals surface area (Å²) in [7, 11) is 0. The van der Waals surface area contributed by atoms with E-state index < -0.39 is 0 Å². The molecule has 2 heterocycles. The molecule has 1 aliphatic rings. The highest BCUT2D eigenvalue weighted by Crippen LogP contribution is 2.38. The molecule has 1 aromatic rings. The second-order valence-corrected chi connectivity index (χ2v) is 4.98. The molecule has 0 fully saturated rings. The fourth-order valence-electron chi connectivity index (χ4n) is 1.88. The Kier molecular flexibility index (Phi) is 4.93. The second-order valence-electron chi connectivity index (χ2n) is 3.90. The molecule has 0 saturated carbocycles. The maximum Gasteiger partial charge on any atom is 0.341 e. The first-order chi connectivity index (χ1) is 9.27. The van der Waals surface area contributed by atoms with Crippen LogP contribution in [0.25, 0.3) is 0 Å². The van der Waals surface area contributed by atoms with Crippen LogP contribution in [0.2, 0.25) is 0 Å². The molecule has 0 amide bonds. The van der Waals surface area contributed by atoms with Crippen LogP contribution in [-0.2, 0) is 27.2 Å². The highest BCUT2D eigenvalue weighted by molar-refractivity contribution is 7.16. The van der Waals surface area contributed by atoms with Gasteiger partial charge in [0.05, 0.1) is 26.4 Å². The molecule has 0 N–H and O–H groups in total. The molecule has 1 aromatic heterocycles. The number of aliphatic imine (C=N–C) groups is 1. The van der Waals surface area contributed by atoms with Gasteiger partial charge in [-0.05, 0) is 25.8 Å². The largest absolute Gasteiger partial charge is 0.483 e. The summed E-state index contributed by atoms with van der Waals surface area (Å²) in [5.74, 6) is -0.314. The number of esters is 1. The predicted molar refractivity (Wildman–Crippen MR) is 73.4 cm³/mol. The lowest BCUT2D eigenvalue weighted by Gasteiger charge is -2.12. The van der Waals surface area contributed by atoms with Crippen molar-refractivity contribution in [1.29, 1.82) is 0 Å². The molecule has 0 spiro atoms. The van der Waals surface area contributed by atoms with Gasteiger partial charge in [-0.1, -0.05) is 0 Å². The number of hydrogen-bond acceptors (Lipinski definition) is 6. The first kappa shape index (κ1) is 14.0. The Bertz CT molecular complexity index is 481. The van der Waals surface area contributed by atoms with E-state index in [1.54, 1.807) is 6.92 Å². The summed E-state index contributed by atoms with van der Waals surface area (Å²) in [6.45, 7) is 5.75. The van der Waals surface area contributed by atoms with Gasteiger partial charge in [0.2, 0.25) is 0 Å². The number of thiophene rings is 1. The van der Waals surface area contributed by atoms with Crippen molar-refractivity contribution in [2.75, 3.05) is 19.8 Å². The molecular weight excluding hydrogens is 266 g/mol. The van der Waals surface area contributed by atoms with Crippen LogP contribution in [-0.4, -0.2) is 32.2 Å². The lowest BCUT2D eigenvalue weighted by molar-refractivity contribution is 0.0523. The van der Waals surface area contributed by atoms with Crippen molar-refractivity contribution in [3.05, 3.63) is 16.0 Å². The molecule has 0 bridgehead atoms. The zero-order chi connectivity index (χ0) is 13.7. The third-order valence-electron chi connectivity index (χ3n) is 2.69. The first-order valence-corrected chi connectivity index (χ1v) is 7.13.